The van der Waals surface area contributed by atoms with Crippen molar-refractivity contribution >= 4 is 11.8 Å². The average Bonchev–Trinajstić information content (AvgIpc) is 2.69. The van der Waals surface area contributed by atoms with E-state index in [2.05, 4.69) is 5.32 Å². The molecule has 2 aromatic carbocycles. The van der Waals surface area contributed by atoms with Crippen molar-refractivity contribution in [1.82, 2.24) is 10.2 Å². The Hall–Kier alpha value is -2.67. The maximum atomic E-state index is 13.4. The van der Waals surface area contributed by atoms with Crippen LogP contribution in [0.3, 0.4) is 0 Å². The lowest BCUT2D eigenvalue weighted by atomic mass is 9.99. The van der Waals surface area contributed by atoms with Crippen molar-refractivity contribution in [3.63, 3.8) is 0 Å². The summed E-state index contributed by atoms with van der Waals surface area (Å²) < 4.78 is 40.1. The van der Waals surface area contributed by atoms with Gasteiger partial charge in [-0.15, -0.1) is 0 Å². The molecule has 0 spiro atoms. The van der Waals surface area contributed by atoms with E-state index in [4.69, 9.17) is 0 Å². The summed E-state index contributed by atoms with van der Waals surface area (Å²) in [5, 5.41) is 3.13. The van der Waals surface area contributed by atoms with Crippen LogP contribution in [0.2, 0.25) is 0 Å². The lowest BCUT2D eigenvalue weighted by Crippen LogP contribution is -2.49. The fourth-order valence-electron chi connectivity index (χ4n) is 3.26. The number of imide groups is 1. The van der Waals surface area contributed by atoms with Gasteiger partial charge in [0.25, 0.3) is 11.8 Å². The van der Waals surface area contributed by atoms with Gasteiger partial charge in [0.15, 0.2) is 0 Å². The van der Waals surface area contributed by atoms with E-state index < -0.39 is 35.2 Å². The van der Waals surface area contributed by atoms with Crippen LogP contribution in [0.5, 0.6) is 0 Å². The first-order chi connectivity index (χ1) is 12.9. The first-order valence-electron chi connectivity index (χ1n) is 8.69. The molecule has 2 amide bonds. The Morgan fingerprint density at radius 2 is 1.48 bits per heavy atom. The van der Waals surface area contributed by atoms with Gasteiger partial charge in [-0.25, -0.2) is 0 Å². The third kappa shape index (κ3) is 4.19. The van der Waals surface area contributed by atoms with Crippen molar-refractivity contribution in [1.29, 1.82) is 0 Å². The number of benzene rings is 2. The van der Waals surface area contributed by atoms with Crippen molar-refractivity contribution < 1.29 is 22.8 Å². The largest absolute Gasteiger partial charge is 0.417 e. The summed E-state index contributed by atoms with van der Waals surface area (Å²) in [6.07, 6.45) is -3.68. The molecular formula is C20H19F3N2O2. The normalized spacial score (nSPS) is 15.4. The summed E-state index contributed by atoms with van der Waals surface area (Å²) in [5.74, 6) is -1.49. The van der Waals surface area contributed by atoms with E-state index in [0.29, 0.717) is 25.9 Å². The van der Waals surface area contributed by atoms with Crippen LogP contribution in [0.1, 0.15) is 39.1 Å². The Labute approximate surface area is 155 Å². The fourth-order valence-corrected chi connectivity index (χ4v) is 3.26. The minimum Gasteiger partial charge on any atom is -0.317 e. The number of halogens is 3. The predicted molar refractivity (Wildman–Crippen MR) is 94.3 cm³/mol. The van der Waals surface area contributed by atoms with Crippen LogP contribution in [0.4, 0.5) is 13.2 Å². The predicted octanol–water partition coefficient (Wildman–Crippen LogP) is 3.74. The summed E-state index contributed by atoms with van der Waals surface area (Å²) in [7, 11) is 0. The smallest absolute Gasteiger partial charge is 0.317 e. The third-order valence-corrected chi connectivity index (χ3v) is 4.60. The highest BCUT2D eigenvalue weighted by Gasteiger charge is 2.39. The Balaban J connectivity index is 2.03. The zero-order chi connectivity index (χ0) is 19.4. The molecule has 1 aliphatic rings. The lowest BCUT2D eigenvalue weighted by Gasteiger charge is -2.33. The van der Waals surface area contributed by atoms with Gasteiger partial charge in [-0.3, -0.25) is 14.5 Å². The molecule has 1 N–H and O–H groups in total. The molecule has 0 radical (unpaired) electrons. The molecule has 27 heavy (non-hydrogen) atoms. The molecule has 0 aliphatic carbocycles. The monoisotopic (exact) mass is 376 g/mol. The van der Waals surface area contributed by atoms with E-state index in [1.165, 1.54) is 12.1 Å². The maximum absolute atomic E-state index is 13.4. The number of rotatable bonds is 3. The Bertz CT molecular complexity index is 815. The van der Waals surface area contributed by atoms with Crippen LogP contribution in [0, 0.1) is 0 Å². The average molecular weight is 376 g/mol. The summed E-state index contributed by atoms with van der Waals surface area (Å²) >= 11 is 0. The number of hydrogen-bond acceptors (Lipinski definition) is 3. The summed E-state index contributed by atoms with van der Waals surface area (Å²) in [6.45, 7) is 1.19. The van der Waals surface area contributed by atoms with Crippen LogP contribution in [0.25, 0.3) is 0 Å². The second-order valence-corrected chi connectivity index (χ2v) is 6.37. The van der Waals surface area contributed by atoms with Crippen molar-refractivity contribution in [2.75, 3.05) is 13.1 Å². The minimum atomic E-state index is -4.68. The molecule has 0 unspecified atom stereocenters. The first-order valence-corrected chi connectivity index (χ1v) is 8.69. The number of piperidine rings is 1. The van der Waals surface area contributed by atoms with Crippen LogP contribution in [-0.2, 0) is 6.18 Å². The number of hydrogen-bond donors (Lipinski definition) is 1. The second kappa shape index (κ2) is 7.92. The van der Waals surface area contributed by atoms with Gasteiger partial charge >= 0.3 is 6.18 Å². The van der Waals surface area contributed by atoms with Crippen molar-refractivity contribution in [3.8, 4) is 0 Å². The van der Waals surface area contributed by atoms with Gasteiger partial charge in [-0.2, -0.15) is 13.2 Å². The molecule has 0 atom stereocenters. The van der Waals surface area contributed by atoms with Crippen LogP contribution >= 0.6 is 0 Å². The molecule has 2 aromatic rings. The summed E-state index contributed by atoms with van der Waals surface area (Å²) in [6, 6.07) is 12.3. The number of nitrogens with one attached hydrogen (secondary N) is 1. The van der Waals surface area contributed by atoms with E-state index in [0.717, 1.165) is 17.0 Å². The molecule has 4 nitrogen and oxygen atoms in total. The topological polar surface area (TPSA) is 49.4 Å². The van der Waals surface area contributed by atoms with Crippen LogP contribution < -0.4 is 5.32 Å². The van der Waals surface area contributed by atoms with Gasteiger partial charge in [0.05, 0.1) is 11.1 Å². The highest BCUT2D eigenvalue weighted by atomic mass is 19.4. The zero-order valence-electron chi connectivity index (χ0n) is 14.5. The Kier molecular flexibility index (Phi) is 5.60. The standard InChI is InChI=1S/C20H19F3N2O2/c21-20(22,23)17-9-5-4-8-16(17)19(27)25(15-10-12-24-13-11-15)18(26)14-6-2-1-3-7-14/h1-9,15,24H,10-13H2. The molecular weight excluding hydrogens is 357 g/mol. The zero-order valence-corrected chi connectivity index (χ0v) is 14.5. The van der Waals surface area contributed by atoms with E-state index in [1.54, 1.807) is 30.3 Å². The van der Waals surface area contributed by atoms with Crippen molar-refractivity contribution in [2.24, 2.45) is 0 Å². The minimum absolute atomic E-state index is 0.272. The molecule has 142 valence electrons. The van der Waals surface area contributed by atoms with E-state index in [1.807, 2.05) is 0 Å². The second-order valence-electron chi connectivity index (χ2n) is 6.37. The number of nitrogens with zero attached hydrogens (tertiary/aromatic N) is 1. The highest BCUT2D eigenvalue weighted by Crippen LogP contribution is 2.33. The Morgan fingerprint density at radius 3 is 2.11 bits per heavy atom. The lowest BCUT2D eigenvalue weighted by molar-refractivity contribution is -0.138. The highest BCUT2D eigenvalue weighted by molar-refractivity contribution is 6.11. The van der Waals surface area contributed by atoms with Gasteiger partial charge in [0.1, 0.15) is 0 Å². The fraction of sp³-hybridized carbons (Fsp3) is 0.300. The van der Waals surface area contributed by atoms with E-state index >= 15 is 0 Å². The van der Waals surface area contributed by atoms with Gasteiger partial charge in [-0.05, 0) is 50.2 Å². The number of amides is 2. The maximum Gasteiger partial charge on any atom is 0.417 e. The molecule has 0 aromatic heterocycles. The van der Waals surface area contributed by atoms with Crippen LogP contribution in [-0.4, -0.2) is 35.8 Å². The molecule has 1 aliphatic heterocycles. The first kappa shape index (κ1) is 19.1. The van der Waals surface area contributed by atoms with Gasteiger partial charge in [0.2, 0.25) is 0 Å². The SMILES string of the molecule is O=C(c1ccccc1)N(C(=O)c1ccccc1C(F)(F)F)C1CCNCC1. The molecule has 1 fully saturated rings. The third-order valence-electron chi connectivity index (χ3n) is 4.60. The molecule has 0 bridgehead atoms. The van der Waals surface area contributed by atoms with Crippen molar-refractivity contribution in [2.45, 2.75) is 25.1 Å². The Morgan fingerprint density at radius 1 is 0.889 bits per heavy atom. The van der Waals surface area contributed by atoms with E-state index in [9.17, 15) is 22.8 Å². The number of alkyl halides is 3. The van der Waals surface area contributed by atoms with Crippen molar-refractivity contribution in [3.05, 3.63) is 71.3 Å². The molecule has 1 heterocycles. The molecule has 0 saturated carbocycles. The van der Waals surface area contributed by atoms with E-state index in [-0.39, 0.29) is 5.56 Å². The molecule has 3 rings (SSSR count). The molecule has 7 heteroatoms. The molecule has 1 saturated heterocycles. The summed E-state index contributed by atoms with van der Waals surface area (Å²) in [4.78, 5) is 27.1. The summed E-state index contributed by atoms with van der Waals surface area (Å²) in [5.41, 5.74) is -1.27. The van der Waals surface area contributed by atoms with Gasteiger partial charge in [-0.1, -0.05) is 30.3 Å². The van der Waals surface area contributed by atoms with Crippen LogP contribution in [0.15, 0.2) is 54.6 Å². The van der Waals surface area contributed by atoms with Gasteiger partial charge < -0.3 is 5.32 Å². The quantitative estimate of drug-likeness (QED) is 0.831. The number of carbonyl (C=O) groups is 2. The number of carbonyl (C=O) groups excluding carboxylic acids is 2. The van der Waals surface area contributed by atoms with Gasteiger partial charge in [0, 0.05) is 11.6 Å².